The number of hydrogen-bond acceptors (Lipinski definition) is 0. The van der Waals surface area contributed by atoms with Gasteiger partial charge in [-0.25, -0.2) is 0 Å². The SMILES string of the molecule is CB1CCC=CCC(C)CC1. The lowest BCUT2D eigenvalue weighted by molar-refractivity contribution is 0.570. The number of hydrogen-bond donors (Lipinski definition) is 0. The van der Waals surface area contributed by atoms with Crippen molar-refractivity contribution in [3.63, 3.8) is 0 Å². The zero-order chi connectivity index (χ0) is 8.10. The molecule has 1 atom stereocenters. The summed E-state index contributed by atoms with van der Waals surface area (Å²) < 4.78 is 0. The maximum absolute atomic E-state index is 2.38. The Hall–Kier alpha value is -0.195. The second kappa shape index (κ2) is 4.64. The molecule has 0 aliphatic carbocycles. The maximum Gasteiger partial charge on any atom is 0.136 e. The lowest BCUT2D eigenvalue weighted by atomic mass is 9.46. The summed E-state index contributed by atoms with van der Waals surface area (Å²) in [5.41, 5.74) is 0. The molecule has 1 aliphatic heterocycles. The molecule has 0 bridgehead atoms. The highest BCUT2D eigenvalue weighted by Gasteiger charge is 2.09. The first-order valence-corrected chi connectivity index (χ1v) is 4.94. The van der Waals surface area contributed by atoms with Crippen LogP contribution in [0.2, 0.25) is 19.5 Å². The fourth-order valence-corrected chi connectivity index (χ4v) is 1.66. The van der Waals surface area contributed by atoms with Crippen LogP contribution in [0.15, 0.2) is 12.2 Å². The van der Waals surface area contributed by atoms with E-state index in [0.29, 0.717) is 0 Å². The molecular weight excluding hydrogens is 131 g/mol. The van der Waals surface area contributed by atoms with Gasteiger partial charge in [0.15, 0.2) is 0 Å². The summed E-state index contributed by atoms with van der Waals surface area (Å²) in [6.07, 6.45) is 11.6. The van der Waals surface area contributed by atoms with E-state index >= 15 is 0 Å². The predicted molar refractivity (Wildman–Crippen MR) is 53.4 cm³/mol. The molecule has 0 aromatic rings. The minimum Gasteiger partial charge on any atom is -0.0892 e. The molecule has 1 aliphatic rings. The van der Waals surface area contributed by atoms with Crippen LogP contribution in [0, 0.1) is 5.92 Å². The molecule has 0 saturated heterocycles. The number of rotatable bonds is 0. The third-order valence-corrected chi connectivity index (χ3v) is 2.68. The van der Waals surface area contributed by atoms with Gasteiger partial charge in [0, 0.05) is 0 Å². The highest BCUT2D eigenvalue weighted by atomic mass is 14.0. The zero-order valence-corrected chi connectivity index (χ0v) is 7.84. The quantitative estimate of drug-likeness (QED) is 0.366. The predicted octanol–water partition coefficient (Wildman–Crippen LogP) is 3.49. The maximum atomic E-state index is 2.38. The summed E-state index contributed by atoms with van der Waals surface area (Å²) in [5, 5.41) is 0. The summed E-state index contributed by atoms with van der Waals surface area (Å²) in [7, 11) is 0. The van der Waals surface area contributed by atoms with Gasteiger partial charge in [-0.05, 0) is 18.8 Å². The molecule has 0 spiro atoms. The summed E-state index contributed by atoms with van der Waals surface area (Å²) in [6.45, 7) is 5.69. The third kappa shape index (κ3) is 3.64. The summed E-state index contributed by atoms with van der Waals surface area (Å²) in [6, 6.07) is 0. The van der Waals surface area contributed by atoms with Gasteiger partial charge in [-0.3, -0.25) is 0 Å². The van der Waals surface area contributed by atoms with E-state index in [-0.39, 0.29) is 0 Å². The molecule has 0 nitrogen and oxygen atoms in total. The second-order valence-electron chi connectivity index (χ2n) is 4.07. The first kappa shape index (κ1) is 8.90. The van der Waals surface area contributed by atoms with E-state index in [1.165, 1.54) is 31.9 Å². The molecule has 11 heavy (non-hydrogen) atoms. The zero-order valence-electron chi connectivity index (χ0n) is 7.84. The van der Waals surface area contributed by atoms with Crippen molar-refractivity contribution >= 4 is 6.71 Å². The Labute approximate surface area is 71.2 Å². The lowest BCUT2D eigenvalue weighted by Gasteiger charge is -2.09. The van der Waals surface area contributed by atoms with E-state index in [2.05, 4.69) is 25.9 Å². The van der Waals surface area contributed by atoms with Gasteiger partial charge in [0.25, 0.3) is 0 Å². The van der Waals surface area contributed by atoms with E-state index < -0.39 is 0 Å². The van der Waals surface area contributed by atoms with Gasteiger partial charge in [0.05, 0.1) is 0 Å². The van der Waals surface area contributed by atoms with Crippen LogP contribution < -0.4 is 0 Å². The Kier molecular flexibility index (Phi) is 3.75. The minimum absolute atomic E-state index is 0.909. The molecule has 0 amide bonds. The van der Waals surface area contributed by atoms with E-state index in [4.69, 9.17) is 0 Å². The van der Waals surface area contributed by atoms with Gasteiger partial charge >= 0.3 is 0 Å². The van der Waals surface area contributed by atoms with E-state index in [1.54, 1.807) is 0 Å². The van der Waals surface area contributed by atoms with Crippen LogP contribution in [-0.4, -0.2) is 6.71 Å². The van der Waals surface area contributed by atoms with E-state index in [1.807, 2.05) is 0 Å². The van der Waals surface area contributed by atoms with Crippen LogP contribution in [-0.2, 0) is 0 Å². The van der Waals surface area contributed by atoms with Crippen LogP contribution in [0.5, 0.6) is 0 Å². The van der Waals surface area contributed by atoms with Crippen molar-refractivity contribution in [2.45, 2.75) is 45.6 Å². The molecule has 0 saturated carbocycles. The Bertz CT molecular complexity index is 129. The van der Waals surface area contributed by atoms with E-state index in [0.717, 1.165) is 12.6 Å². The van der Waals surface area contributed by atoms with Gasteiger partial charge in [-0.1, -0.05) is 45.0 Å². The molecule has 1 heteroatoms. The van der Waals surface area contributed by atoms with Crippen molar-refractivity contribution in [1.29, 1.82) is 0 Å². The fraction of sp³-hybridized carbons (Fsp3) is 0.800. The fourth-order valence-electron chi connectivity index (χ4n) is 1.66. The topological polar surface area (TPSA) is 0 Å². The summed E-state index contributed by atoms with van der Waals surface area (Å²) >= 11 is 0. The molecule has 0 fully saturated rings. The summed E-state index contributed by atoms with van der Waals surface area (Å²) in [4.78, 5) is 0. The molecular formula is C10H19B. The van der Waals surface area contributed by atoms with Crippen molar-refractivity contribution in [3.05, 3.63) is 12.2 Å². The lowest BCUT2D eigenvalue weighted by Crippen LogP contribution is -2.06. The van der Waals surface area contributed by atoms with Crippen molar-refractivity contribution in [2.24, 2.45) is 5.92 Å². The first-order valence-electron chi connectivity index (χ1n) is 4.94. The van der Waals surface area contributed by atoms with Crippen LogP contribution in [0.1, 0.15) is 26.2 Å². The largest absolute Gasteiger partial charge is 0.136 e. The Morgan fingerprint density at radius 1 is 1.27 bits per heavy atom. The van der Waals surface area contributed by atoms with Gasteiger partial charge in [0.2, 0.25) is 0 Å². The molecule has 1 rings (SSSR count). The molecule has 0 aromatic carbocycles. The Morgan fingerprint density at radius 3 is 2.91 bits per heavy atom. The van der Waals surface area contributed by atoms with Gasteiger partial charge in [0.1, 0.15) is 6.71 Å². The monoisotopic (exact) mass is 150 g/mol. The van der Waals surface area contributed by atoms with Crippen molar-refractivity contribution in [3.8, 4) is 0 Å². The molecule has 62 valence electrons. The normalized spacial score (nSPS) is 27.5. The number of allylic oxidation sites excluding steroid dienone is 2. The summed E-state index contributed by atoms with van der Waals surface area (Å²) in [5.74, 6) is 0.909. The van der Waals surface area contributed by atoms with Crippen molar-refractivity contribution in [2.75, 3.05) is 0 Å². The molecule has 1 unspecified atom stereocenters. The van der Waals surface area contributed by atoms with Crippen molar-refractivity contribution in [1.82, 2.24) is 0 Å². The van der Waals surface area contributed by atoms with Gasteiger partial charge in [-0.15, -0.1) is 0 Å². The smallest absolute Gasteiger partial charge is 0.0892 e. The second-order valence-corrected chi connectivity index (χ2v) is 4.07. The van der Waals surface area contributed by atoms with Crippen LogP contribution >= 0.6 is 0 Å². The average Bonchev–Trinajstić information content (AvgIpc) is 2.06. The molecule has 0 N–H and O–H groups in total. The first-order chi connectivity index (χ1) is 5.29. The molecule has 0 aromatic heterocycles. The third-order valence-electron chi connectivity index (χ3n) is 2.68. The molecule has 1 heterocycles. The van der Waals surface area contributed by atoms with Gasteiger partial charge in [-0.2, -0.15) is 0 Å². The van der Waals surface area contributed by atoms with E-state index in [9.17, 15) is 0 Å². The Morgan fingerprint density at radius 2 is 2.09 bits per heavy atom. The highest BCUT2D eigenvalue weighted by Crippen LogP contribution is 2.18. The van der Waals surface area contributed by atoms with Crippen molar-refractivity contribution < 1.29 is 0 Å². The van der Waals surface area contributed by atoms with Gasteiger partial charge < -0.3 is 0 Å². The minimum atomic E-state index is 0.909. The standard InChI is InChI=1S/C10H19B/c1-10-6-4-3-5-8-11(2)9-7-10/h3-4,10H,5-9H2,1-2H3. The van der Waals surface area contributed by atoms with Crippen LogP contribution in [0.4, 0.5) is 0 Å². The molecule has 0 radical (unpaired) electrons. The highest BCUT2D eigenvalue weighted by molar-refractivity contribution is 6.57. The average molecular weight is 150 g/mol. The van der Waals surface area contributed by atoms with Crippen LogP contribution in [0.25, 0.3) is 0 Å². The Balaban J connectivity index is 2.36. The van der Waals surface area contributed by atoms with Crippen LogP contribution in [0.3, 0.4) is 0 Å².